The maximum Gasteiger partial charge on any atom is 0.407 e. The standard InChI is InChI=1S/C42H54FN5O9S/c1-24(2)22-56-39(52)45-31-11-9-7-5-6-8-10-26-19-42(26,38(51)47-58(53,54)40(3)16-17-40)46-36(49)32-21-41(23-48(32)37(31)50)20-29(43)33-28-18-27(55-4)14-15-30(28)44-34(25-12-13-25)35(33)57-41/h8,10,14-15,18,24-26,29,31-32H,5-7,9,11-13,16-17,19-23H2,1-4H3,(H,45,52)(H,46,49)(H,47,51)/b10-8-/t26-,29-,31+,32+,41-,42-/m1/s1. The van der Waals surface area contributed by atoms with E-state index >= 15 is 4.39 Å². The van der Waals surface area contributed by atoms with Crippen molar-refractivity contribution in [3.8, 4) is 11.5 Å². The van der Waals surface area contributed by atoms with Gasteiger partial charge in [0.1, 0.15) is 40.9 Å². The van der Waals surface area contributed by atoms with Crippen LogP contribution in [-0.4, -0.2) is 90.3 Å². The van der Waals surface area contributed by atoms with Crippen molar-refractivity contribution in [2.45, 2.75) is 138 Å². The number of allylic oxidation sites excluding steroid dienone is 1. The molecule has 4 amide bonds. The molecule has 3 saturated carbocycles. The first-order valence-corrected chi connectivity index (χ1v) is 22.2. The number of sulfonamides is 1. The van der Waals surface area contributed by atoms with E-state index in [0.717, 1.165) is 25.7 Å². The highest BCUT2D eigenvalue weighted by Gasteiger charge is 2.64. The fraction of sp³-hybridized carbons (Fsp3) is 0.643. The van der Waals surface area contributed by atoms with Gasteiger partial charge in [0.2, 0.25) is 21.8 Å². The Morgan fingerprint density at radius 2 is 1.88 bits per heavy atom. The topological polar surface area (TPSA) is 182 Å². The molecule has 14 nitrogen and oxygen atoms in total. The maximum atomic E-state index is 17.1. The van der Waals surface area contributed by atoms with E-state index in [4.69, 9.17) is 19.2 Å². The van der Waals surface area contributed by atoms with Crippen LogP contribution in [0.15, 0.2) is 30.4 Å². The number of rotatable bonds is 8. The molecule has 0 unspecified atom stereocenters. The molecule has 0 radical (unpaired) electrons. The summed E-state index contributed by atoms with van der Waals surface area (Å²) in [7, 11) is -2.50. The Bertz CT molecular complexity index is 2160. The monoisotopic (exact) mass is 823 g/mol. The van der Waals surface area contributed by atoms with Crippen LogP contribution in [0.2, 0.25) is 0 Å². The second kappa shape index (κ2) is 15.0. The fourth-order valence-corrected chi connectivity index (χ4v) is 10.1. The number of ether oxygens (including phenoxy) is 3. The van der Waals surface area contributed by atoms with Crippen LogP contribution in [-0.2, 0) is 29.1 Å². The smallest absolute Gasteiger partial charge is 0.407 e. The van der Waals surface area contributed by atoms with Crippen molar-refractivity contribution in [2.24, 2.45) is 11.8 Å². The van der Waals surface area contributed by atoms with Crippen molar-refractivity contribution >= 4 is 44.7 Å². The van der Waals surface area contributed by atoms with Gasteiger partial charge in [0.25, 0.3) is 5.91 Å². The summed E-state index contributed by atoms with van der Waals surface area (Å²) in [6.07, 6.45) is 6.88. The lowest BCUT2D eigenvalue weighted by Gasteiger charge is -2.38. The van der Waals surface area contributed by atoms with Crippen molar-refractivity contribution in [1.29, 1.82) is 0 Å². The largest absolute Gasteiger partial charge is 0.497 e. The van der Waals surface area contributed by atoms with E-state index in [0.29, 0.717) is 59.3 Å². The SMILES string of the molecule is COc1ccc2nc(C3CC3)c3c(c2c1)[C@H](F)C[C@]1(C[C@H]2C(=O)N[C@]4(C(=O)NS(=O)(=O)C5(C)CC5)C[C@H]4/C=C\CCCCC[C@H](NC(=O)OCC(C)C)C(=O)N2C1)O3. The van der Waals surface area contributed by atoms with Crippen LogP contribution in [0.3, 0.4) is 0 Å². The molecular weight excluding hydrogens is 770 g/mol. The normalized spacial score (nSPS) is 31.1. The highest BCUT2D eigenvalue weighted by atomic mass is 32.2. The van der Waals surface area contributed by atoms with Gasteiger partial charge in [-0.3, -0.25) is 19.1 Å². The van der Waals surface area contributed by atoms with Crippen LogP contribution < -0.4 is 24.8 Å². The number of aromatic nitrogens is 1. The van der Waals surface area contributed by atoms with Gasteiger partial charge in [0.05, 0.1) is 36.2 Å². The predicted molar refractivity (Wildman–Crippen MR) is 211 cm³/mol. The highest BCUT2D eigenvalue weighted by molar-refractivity contribution is 7.91. The lowest BCUT2D eigenvalue weighted by Crippen LogP contribution is -2.58. The molecule has 2 aromatic rings. The molecule has 3 N–H and O–H groups in total. The van der Waals surface area contributed by atoms with Gasteiger partial charge in [-0.2, -0.15) is 0 Å². The number of methoxy groups -OCH3 is 1. The Hall–Kier alpha value is -4.47. The molecule has 4 fully saturated rings. The number of benzene rings is 1. The van der Waals surface area contributed by atoms with E-state index in [9.17, 15) is 27.6 Å². The zero-order valence-corrected chi connectivity index (χ0v) is 34.4. The molecule has 6 atom stereocenters. The number of alkyl carbamates (subject to hydrolysis) is 1. The number of carbonyl (C=O) groups excluding carboxylic acids is 4. The van der Waals surface area contributed by atoms with Gasteiger partial charge in [-0.05, 0) is 82.4 Å². The molecule has 16 heteroatoms. The van der Waals surface area contributed by atoms with Crippen molar-refractivity contribution in [3.05, 3.63) is 41.6 Å². The van der Waals surface area contributed by atoms with E-state index in [-0.39, 0.29) is 50.7 Å². The first-order chi connectivity index (χ1) is 27.6. The Morgan fingerprint density at radius 1 is 1.10 bits per heavy atom. The van der Waals surface area contributed by atoms with Crippen molar-refractivity contribution < 1.29 is 46.2 Å². The van der Waals surface area contributed by atoms with Crippen LogP contribution in [0.1, 0.15) is 121 Å². The number of hydrogen-bond acceptors (Lipinski definition) is 10. The number of halogens is 1. The third kappa shape index (κ3) is 7.61. The molecule has 3 aliphatic heterocycles. The quantitative estimate of drug-likeness (QED) is 0.292. The van der Waals surface area contributed by atoms with Gasteiger partial charge in [-0.1, -0.05) is 38.8 Å². The molecule has 1 spiro atoms. The lowest BCUT2D eigenvalue weighted by atomic mass is 9.85. The molecule has 0 bridgehead atoms. The predicted octanol–water partition coefficient (Wildman–Crippen LogP) is 5.40. The van der Waals surface area contributed by atoms with E-state index in [1.807, 2.05) is 26.0 Å². The second-order valence-corrected chi connectivity index (χ2v) is 20.1. The second-order valence-electron chi connectivity index (χ2n) is 18.0. The van der Waals surface area contributed by atoms with Gasteiger partial charge >= 0.3 is 6.09 Å². The molecule has 3 aliphatic carbocycles. The van der Waals surface area contributed by atoms with Gasteiger partial charge in [0, 0.05) is 35.6 Å². The fourth-order valence-electron chi connectivity index (χ4n) is 8.77. The summed E-state index contributed by atoms with van der Waals surface area (Å²) < 4.78 is 62.5. The van der Waals surface area contributed by atoms with Gasteiger partial charge in [0.15, 0.2) is 0 Å². The Kier molecular flexibility index (Phi) is 10.4. The summed E-state index contributed by atoms with van der Waals surface area (Å²) >= 11 is 0. The van der Waals surface area contributed by atoms with Crippen LogP contribution in [0.5, 0.6) is 11.5 Å². The van der Waals surface area contributed by atoms with Crippen molar-refractivity contribution in [2.75, 3.05) is 20.3 Å². The Balaban J connectivity index is 1.16. The van der Waals surface area contributed by atoms with E-state index < -0.39 is 73.9 Å². The molecule has 8 rings (SSSR count). The number of nitrogens with zero attached hydrogens (tertiary/aromatic N) is 2. The number of carbonyl (C=O) groups is 4. The Labute approximate surface area is 338 Å². The van der Waals surface area contributed by atoms with E-state index in [1.54, 1.807) is 25.1 Å². The summed E-state index contributed by atoms with van der Waals surface area (Å²) in [5, 5.41) is 6.20. The van der Waals surface area contributed by atoms with Gasteiger partial charge in [-0.15, -0.1) is 0 Å². The number of alkyl halides is 1. The molecule has 314 valence electrons. The van der Waals surface area contributed by atoms with Crippen molar-refractivity contribution in [1.82, 2.24) is 25.2 Å². The summed E-state index contributed by atoms with van der Waals surface area (Å²) in [4.78, 5) is 62.9. The summed E-state index contributed by atoms with van der Waals surface area (Å²) in [5.74, 6) is -1.61. The summed E-state index contributed by atoms with van der Waals surface area (Å²) in [5.41, 5.74) is -1.35. The highest BCUT2D eigenvalue weighted by Crippen LogP contribution is 2.55. The summed E-state index contributed by atoms with van der Waals surface area (Å²) in [6, 6.07) is 2.99. The average Bonchev–Trinajstić information content (AvgIpc) is 4.11. The molecule has 4 heterocycles. The average molecular weight is 824 g/mol. The molecule has 58 heavy (non-hydrogen) atoms. The first kappa shape index (κ1) is 40.3. The minimum absolute atomic E-state index is 0.0556. The third-order valence-corrected chi connectivity index (χ3v) is 15.0. The van der Waals surface area contributed by atoms with E-state index in [2.05, 4.69) is 15.4 Å². The number of hydrogen-bond donors (Lipinski definition) is 3. The maximum absolute atomic E-state index is 17.1. The number of pyridine rings is 1. The van der Waals surface area contributed by atoms with Crippen LogP contribution in [0, 0.1) is 11.8 Å². The molecular formula is C42H54FN5O9S. The number of nitrogens with one attached hydrogen (secondary N) is 3. The number of fused-ring (bicyclic) bond motifs is 5. The Morgan fingerprint density at radius 3 is 2.59 bits per heavy atom. The van der Waals surface area contributed by atoms with Gasteiger partial charge in [-0.25, -0.2) is 22.6 Å². The first-order valence-electron chi connectivity index (χ1n) is 20.7. The molecule has 1 aromatic heterocycles. The van der Waals surface area contributed by atoms with E-state index in [1.165, 1.54) is 12.0 Å². The lowest BCUT2D eigenvalue weighted by molar-refractivity contribution is -0.141. The third-order valence-electron chi connectivity index (χ3n) is 12.8. The number of amides is 4. The van der Waals surface area contributed by atoms with Crippen LogP contribution in [0.4, 0.5) is 9.18 Å². The molecule has 1 aromatic carbocycles. The molecule has 6 aliphatic rings. The summed E-state index contributed by atoms with van der Waals surface area (Å²) in [6.45, 7) is 5.33. The molecule has 1 saturated heterocycles. The minimum Gasteiger partial charge on any atom is -0.497 e. The van der Waals surface area contributed by atoms with Crippen molar-refractivity contribution in [3.63, 3.8) is 0 Å². The van der Waals surface area contributed by atoms with Crippen LogP contribution in [0.25, 0.3) is 10.9 Å². The minimum atomic E-state index is -4.04. The van der Waals surface area contributed by atoms with Gasteiger partial charge < -0.3 is 29.7 Å². The zero-order valence-electron chi connectivity index (χ0n) is 33.6. The zero-order chi connectivity index (χ0) is 41.2. The van der Waals surface area contributed by atoms with Crippen LogP contribution >= 0.6 is 0 Å².